The first-order valence-electron chi connectivity index (χ1n) is 8.46. The standard InChI is InChI=1S/C16H29N5S/c1-4-14-11-19-15(22-14)12-20-16(17-5-2)18-9-10-21(6-3)13-7-8-13/h11,13H,4-10,12H2,1-3H3,(H2,17,18,20). The summed E-state index contributed by atoms with van der Waals surface area (Å²) >= 11 is 1.76. The minimum Gasteiger partial charge on any atom is -0.357 e. The number of nitrogens with one attached hydrogen (secondary N) is 2. The zero-order chi connectivity index (χ0) is 15.8. The highest BCUT2D eigenvalue weighted by atomic mass is 32.1. The van der Waals surface area contributed by atoms with Gasteiger partial charge in [-0.05, 0) is 32.7 Å². The SMILES string of the molecule is CCNC(=NCc1ncc(CC)s1)NCCN(CC)C1CC1. The van der Waals surface area contributed by atoms with Gasteiger partial charge in [-0.1, -0.05) is 13.8 Å². The molecule has 0 aromatic carbocycles. The van der Waals surface area contributed by atoms with Gasteiger partial charge in [-0.25, -0.2) is 9.98 Å². The Morgan fingerprint density at radius 3 is 2.77 bits per heavy atom. The lowest BCUT2D eigenvalue weighted by atomic mass is 10.4. The number of nitrogens with zero attached hydrogens (tertiary/aromatic N) is 3. The fourth-order valence-electron chi connectivity index (χ4n) is 2.43. The van der Waals surface area contributed by atoms with Crippen LogP contribution in [-0.4, -0.2) is 48.1 Å². The summed E-state index contributed by atoms with van der Waals surface area (Å²) in [4.78, 5) is 12.9. The first-order chi connectivity index (χ1) is 10.8. The number of aromatic nitrogens is 1. The lowest BCUT2D eigenvalue weighted by Crippen LogP contribution is -2.42. The Balaban J connectivity index is 1.78. The van der Waals surface area contributed by atoms with Crippen LogP contribution in [0.3, 0.4) is 0 Å². The molecule has 1 fully saturated rings. The summed E-state index contributed by atoms with van der Waals surface area (Å²) in [5, 5.41) is 7.83. The van der Waals surface area contributed by atoms with Gasteiger partial charge in [0.25, 0.3) is 0 Å². The van der Waals surface area contributed by atoms with Gasteiger partial charge in [0.2, 0.25) is 0 Å². The van der Waals surface area contributed by atoms with E-state index in [1.807, 2.05) is 6.20 Å². The van der Waals surface area contributed by atoms with Gasteiger partial charge in [-0.15, -0.1) is 11.3 Å². The largest absolute Gasteiger partial charge is 0.357 e. The molecular weight excluding hydrogens is 294 g/mol. The molecule has 22 heavy (non-hydrogen) atoms. The van der Waals surface area contributed by atoms with E-state index in [1.165, 1.54) is 17.7 Å². The lowest BCUT2D eigenvalue weighted by molar-refractivity contribution is 0.282. The van der Waals surface area contributed by atoms with Crippen LogP contribution in [0, 0.1) is 0 Å². The highest BCUT2D eigenvalue weighted by molar-refractivity contribution is 7.11. The monoisotopic (exact) mass is 323 g/mol. The minimum absolute atomic E-state index is 0.653. The Morgan fingerprint density at radius 2 is 2.18 bits per heavy atom. The Kier molecular flexibility index (Phi) is 7.12. The number of aliphatic imine (C=N–C) groups is 1. The van der Waals surface area contributed by atoms with E-state index >= 15 is 0 Å². The van der Waals surface area contributed by atoms with Gasteiger partial charge in [0, 0.05) is 36.8 Å². The molecule has 0 amide bonds. The highest BCUT2D eigenvalue weighted by Gasteiger charge is 2.27. The van der Waals surface area contributed by atoms with Crippen molar-refractivity contribution in [3.8, 4) is 0 Å². The molecule has 0 aliphatic heterocycles. The summed E-state index contributed by atoms with van der Waals surface area (Å²) in [5.41, 5.74) is 0. The number of aryl methyl sites for hydroxylation is 1. The van der Waals surface area contributed by atoms with Crippen LogP contribution in [0.15, 0.2) is 11.2 Å². The fourth-order valence-corrected chi connectivity index (χ4v) is 3.22. The molecule has 1 aliphatic rings. The number of likely N-dealkylation sites (N-methyl/N-ethyl adjacent to an activating group) is 1. The summed E-state index contributed by atoms with van der Waals surface area (Å²) in [6.07, 6.45) is 5.75. The molecule has 2 rings (SSSR count). The van der Waals surface area contributed by atoms with Gasteiger partial charge in [0.15, 0.2) is 5.96 Å². The molecule has 1 aliphatic carbocycles. The van der Waals surface area contributed by atoms with E-state index in [0.29, 0.717) is 6.54 Å². The van der Waals surface area contributed by atoms with Gasteiger partial charge in [-0.2, -0.15) is 0 Å². The third kappa shape index (κ3) is 5.57. The molecule has 124 valence electrons. The predicted molar refractivity (Wildman–Crippen MR) is 94.6 cm³/mol. The van der Waals surface area contributed by atoms with Gasteiger partial charge < -0.3 is 10.6 Å². The zero-order valence-electron chi connectivity index (χ0n) is 14.1. The van der Waals surface area contributed by atoms with Crippen molar-refractivity contribution in [3.63, 3.8) is 0 Å². The lowest BCUT2D eigenvalue weighted by Gasteiger charge is -2.20. The second-order valence-corrected chi connectivity index (χ2v) is 6.76. The molecule has 1 heterocycles. The summed E-state index contributed by atoms with van der Waals surface area (Å²) in [7, 11) is 0. The average Bonchev–Trinajstić information content (AvgIpc) is 3.27. The highest BCUT2D eigenvalue weighted by Crippen LogP contribution is 2.25. The van der Waals surface area contributed by atoms with Gasteiger partial charge in [-0.3, -0.25) is 4.90 Å². The maximum Gasteiger partial charge on any atom is 0.191 e. The minimum atomic E-state index is 0.653. The first kappa shape index (κ1) is 17.2. The van der Waals surface area contributed by atoms with Crippen LogP contribution in [-0.2, 0) is 13.0 Å². The topological polar surface area (TPSA) is 52.6 Å². The molecule has 1 aromatic heterocycles. The molecule has 2 N–H and O–H groups in total. The summed E-state index contributed by atoms with van der Waals surface area (Å²) in [6.45, 7) is 11.2. The van der Waals surface area contributed by atoms with Crippen molar-refractivity contribution in [2.75, 3.05) is 26.2 Å². The normalized spacial score (nSPS) is 15.4. The van der Waals surface area contributed by atoms with Crippen LogP contribution in [0.4, 0.5) is 0 Å². The van der Waals surface area contributed by atoms with Crippen LogP contribution < -0.4 is 10.6 Å². The quantitative estimate of drug-likeness (QED) is 0.540. The van der Waals surface area contributed by atoms with Crippen LogP contribution >= 0.6 is 11.3 Å². The Bertz CT molecular complexity index is 467. The molecule has 0 spiro atoms. The molecule has 0 saturated heterocycles. The summed E-state index contributed by atoms with van der Waals surface area (Å²) in [5.74, 6) is 0.891. The fraction of sp³-hybridized carbons (Fsp3) is 0.750. The third-order valence-corrected chi connectivity index (χ3v) is 4.95. The summed E-state index contributed by atoms with van der Waals surface area (Å²) in [6, 6.07) is 0.828. The van der Waals surface area contributed by atoms with Gasteiger partial charge in [0.1, 0.15) is 5.01 Å². The Labute approximate surface area is 138 Å². The smallest absolute Gasteiger partial charge is 0.191 e. The van der Waals surface area contributed by atoms with Crippen molar-refractivity contribution in [1.82, 2.24) is 20.5 Å². The maximum atomic E-state index is 4.64. The van der Waals surface area contributed by atoms with Crippen molar-refractivity contribution in [1.29, 1.82) is 0 Å². The van der Waals surface area contributed by atoms with Crippen molar-refractivity contribution in [2.45, 2.75) is 52.6 Å². The molecule has 0 atom stereocenters. The second-order valence-electron chi connectivity index (χ2n) is 5.56. The van der Waals surface area contributed by atoms with E-state index in [9.17, 15) is 0 Å². The number of hydrogen-bond donors (Lipinski definition) is 2. The van der Waals surface area contributed by atoms with E-state index in [0.717, 1.165) is 49.6 Å². The van der Waals surface area contributed by atoms with E-state index in [2.05, 4.69) is 46.3 Å². The maximum absolute atomic E-state index is 4.64. The van der Waals surface area contributed by atoms with E-state index in [1.54, 1.807) is 11.3 Å². The van der Waals surface area contributed by atoms with Gasteiger partial charge >= 0.3 is 0 Å². The van der Waals surface area contributed by atoms with Gasteiger partial charge in [0.05, 0.1) is 6.54 Å². The molecule has 5 nitrogen and oxygen atoms in total. The molecule has 0 radical (unpaired) electrons. The molecule has 0 unspecified atom stereocenters. The molecule has 0 bridgehead atoms. The average molecular weight is 324 g/mol. The molecule has 1 saturated carbocycles. The number of thiazole rings is 1. The number of rotatable bonds is 9. The zero-order valence-corrected chi connectivity index (χ0v) is 14.9. The first-order valence-corrected chi connectivity index (χ1v) is 9.28. The third-order valence-electron chi connectivity index (χ3n) is 3.83. The predicted octanol–water partition coefficient (Wildman–Crippen LogP) is 2.24. The van der Waals surface area contributed by atoms with Crippen molar-refractivity contribution in [2.24, 2.45) is 4.99 Å². The van der Waals surface area contributed by atoms with Crippen molar-refractivity contribution in [3.05, 3.63) is 16.1 Å². The summed E-state index contributed by atoms with van der Waals surface area (Å²) < 4.78 is 0. The number of hydrogen-bond acceptors (Lipinski definition) is 4. The van der Waals surface area contributed by atoms with E-state index < -0.39 is 0 Å². The van der Waals surface area contributed by atoms with E-state index in [-0.39, 0.29) is 0 Å². The van der Waals surface area contributed by atoms with Crippen LogP contribution in [0.2, 0.25) is 0 Å². The Morgan fingerprint density at radius 1 is 1.36 bits per heavy atom. The van der Waals surface area contributed by atoms with E-state index in [4.69, 9.17) is 0 Å². The Hall–Kier alpha value is -1.14. The molecule has 6 heteroatoms. The molecule has 1 aromatic rings. The van der Waals surface area contributed by atoms with Crippen LogP contribution in [0.5, 0.6) is 0 Å². The molecular formula is C16H29N5S. The van der Waals surface area contributed by atoms with Crippen LogP contribution in [0.25, 0.3) is 0 Å². The van der Waals surface area contributed by atoms with Crippen LogP contribution in [0.1, 0.15) is 43.5 Å². The second kappa shape index (κ2) is 9.10. The van der Waals surface area contributed by atoms with Crippen molar-refractivity contribution < 1.29 is 0 Å². The van der Waals surface area contributed by atoms with Crippen molar-refractivity contribution >= 4 is 17.3 Å². The number of guanidine groups is 1.